The maximum absolute atomic E-state index is 6.51. The molecule has 0 N–H and O–H groups in total. The number of aromatic nitrogens is 4. The monoisotopic (exact) mass is 1180 g/mol. The third-order valence-electron chi connectivity index (χ3n) is 15.8. The van der Waals surface area contributed by atoms with E-state index in [1.165, 1.54) is 76.0 Å². The molecule has 0 spiro atoms. The first-order valence-corrected chi connectivity index (χ1v) is 27.4. The third-order valence-corrected chi connectivity index (χ3v) is 15.8. The van der Waals surface area contributed by atoms with Crippen molar-refractivity contribution in [3.8, 4) is 45.3 Å². The first kappa shape index (κ1) is 52.6. The number of furan rings is 1. The molecule has 0 saturated heterocycles. The summed E-state index contributed by atoms with van der Waals surface area (Å²) in [6, 6.07) is 64.9. The van der Waals surface area contributed by atoms with Crippen LogP contribution >= 0.6 is 0 Å². The summed E-state index contributed by atoms with van der Waals surface area (Å²) in [7, 11) is 0. The van der Waals surface area contributed by atoms with Crippen LogP contribution in [0.3, 0.4) is 0 Å². The largest absolute Gasteiger partial charge is 0.501 e. The topological polar surface area (TPSA) is 48.8 Å². The van der Waals surface area contributed by atoms with E-state index < -0.39 is 0 Å². The van der Waals surface area contributed by atoms with Gasteiger partial charge in [-0.1, -0.05) is 165 Å². The third kappa shape index (κ3) is 9.91. The van der Waals surface area contributed by atoms with Crippen LogP contribution in [-0.2, 0) is 20.1 Å². The van der Waals surface area contributed by atoms with Crippen molar-refractivity contribution >= 4 is 44.0 Å². The first-order chi connectivity index (χ1) is 36.3. The fraction of sp³-hybridized carbons (Fsp3) is 0.286. The van der Waals surface area contributed by atoms with E-state index in [-0.39, 0.29) is 20.1 Å². The van der Waals surface area contributed by atoms with Gasteiger partial charge < -0.3 is 13.6 Å². The van der Waals surface area contributed by atoms with Crippen molar-refractivity contribution in [1.82, 2.24) is 19.1 Å². The molecule has 11 aromatic rings. The number of benzene rings is 8. The Bertz CT molecular complexity index is 3770. The molecule has 8 aromatic carbocycles. The van der Waals surface area contributed by atoms with Crippen LogP contribution in [0.2, 0.25) is 0 Å². The zero-order chi connectivity index (χ0) is 52.1. The smallest absolute Gasteiger partial charge is 0.120 e. The number of fused-ring (bicyclic) bond motifs is 5. The molecular formula is C70H70IrN4O-2. The number of rotatable bonds is 10. The second-order valence-electron chi connectivity index (χ2n) is 23.0. The summed E-state index contributed by atoms with van der Waals surface area (Å²) in [6.07, 6.45) is 5.12. The zero-order valence-corrected chi connectivity index (χ0v) is 48.2. The van der Waals surface area contributed by atoms with Gasteiger partial charge in [0.2, 0.25) is 0 Å². The zero-order valence-electron chi connectivity index (χ0n) is 45.8. The Balaban J connectivity index is 0.000000176. The Morgan fingerprint density at radius 2 is 1.03 bits per heavy atom. The molecule has 0 amide bonds. The van der Waals surface area contributed by atoms with Gasteiger partial charge in [0, 0.05) is 36.9 Å². The predicted octanol–water partition coefficient (Wildman–Crippen LogP) is 19.7. The molecule has 1 aliphatic rings. The minimum absolute atomic E-state index is 0. The number of hydrogen-bond donors (Lipinski definition) is 0. The van der Waals surface area contributed by atoms with Crippen LogP contribution in [0.5, 0.6) is 0 Å². The average molecular weight is 1180 g/mol. The fourth-order valence-electron chi connectivity index (χ4n) is 11.7. The maximum atomic E-state index is 6.51. The van der Waals surface area contributed by atoms with E-state index in [9.17, 15) is 0 Å². The van der Waals surface area contributed by atoms with Gasteiger partial charge in [-0.05, 0) is 142 Å². The second-order valence-corrected chi connectivity index (χ2v) is 23.0. The van der Waals surface area contributed by atoms with Crippen molar-refractivity contribution in [3.05, 3.63) is 204 Å². The van der Waals surface area contributed by atoms with Crippen LogP contribution in [0.15, 0.2) is 168 Å². The van der Waals surface area contributed by atoms with Gasteiger partial charge in [-0.15, -0.1) is 54.1 Å². The van der Waals surface area contributed by atoms with Gasteiger partial charge in [-0.3, -0.25) is 9.97 Å². The van der Waals surface area contributed by atoms with E-state index in [4.69, 9.17) is 14.4 Å². The Labute approximate surface area is 463 Å². The van der Waals surface area contributed by atoms with Gasteiger partial charge in [0.25, 0.3) is 0 Å². The van der Waals surface area contributed by atoms with Crippen molar-refractivity contribution < 1.29 is 24.5 Å². The quantitative estimate of drug-likeness (QED) is 0.128. The van der Waals surface area contributed by atoms with E-state index >= 15 is 0 Å². The fourth-order valence-corrected chi connectivity index (χ4v) is 11.7. The number of hydrogen-bond acceptors (Lipinski definition) is 3. The number of nitrogens with zero attached hydrogens (tertiary/aromatic N) is 4. The first-order valence-electron chi connectivity index (χ1n) is 27.4. The van der Waals surface area contributed by atoms with Crippen molar-refractivity contribution in [1.29, 1.82) is 0 Å². The summed E-state index contributed by atoms with van der Waals surface area (Å²) in [4.78, 5) is 10.4. The van der Waals surface area contributed by atoms with E-state index in [0.29, 0.717) is 35.0 Å². The predicted molar refractivity (Wildman–Crippen MR) is 315 cm³/mol. The summed E-state index contributed by atoms with van der Waals surface area (Å²) >= 11 is 0. The number of para-hydroxylation sites is 5. The second kappa shape index (κ2) is 21.6. The molecule has 0 bridgehead atoms. The minimum Gasteiger partial charge on any atom is -0.501 e. The molecule has 5 nitrogen and oxygen atoms in total. The molecule has 0 unspecified atom stereocenters. The van der Waals surface area contributed by atoms with Crippen molar-refractivity contribution in [2.24, 2.45) is 5.41 Å². The van der Waals surface area contributed by atoms with Crippen LogP contribution < -0.4 is 0 Å². The molecule has 3 aromatic heterocycles. The molecule has 12 rings (SSSR count). The standard InChI is InChI=1S/C39H41N2O.C31H29N2.Ir/c1-24(2)31-22-27(26-18-20-39(5,6)21-19-26)23-32(25(3)4)36(31)41-34-16-9-8-15-33(34)40-38(41)30-14-11-13-29-28-12-7-10-17-35(28)42-37(29)30;1-21(2)26-19-25(23-13-7-5-8-14-23)20-27(22(3)4)30(26)33-29-18-12-11-17-28(29)32-31(33)24-15-9-6-10-16-24;/h7-13,15-17,22-26H,18-21H2,1-6H3;5-15,17-22H,1-4H3;/q2*-1;. The van der Waals surface area contributed by atoms with Crippen LogP contribution in [0.4, 0.5) is 0 Å². The molecule has 1 fully saturated rings. The van der Waals surface area contributed by atoms with Crippen molar-refractivity contribution in [2.45, 2.75) is 125 Å². The summed E-state index contributed by atoms with van der Waals surface area (Å²) in [6.45, 7) is 23.3. The van der Waals surface area contributed by atoms with Crippen molar-refractivity contribution in [2.75, 3.05) is 0 Å². The maximum Gasteiger partial charge on any atom is 0.120 e. The van der Waals surface area contributed by atoms with Gasteiger partial charge in [0.05, 0.1) is 39.3 Å². The van der Waals surface area contributed by atoms with Gasteiger partial charge in [-0.25, -0.2) is 0 Å². The molecule has 0 aliphatic heterocycles. The molecular weight excluding hydrogens is 1110 g/mol. The van der Waals surface area contributed by atoms with Gasteiger partial charge in [0.15, 0.2) is 0 Å². The van der Waals surface area contributed by atoms with E-state index in [1.807, 2.05) is 30.3 Å². The Hall–Kier alpha value is -6.85. The van der Waals surface area contributed by atoms with E-state index in [0.717, 1.165) is 66.8 Å². The Kier molecular flexibility index (Phi) is 15.0. The van der Waals surface area contributed by atoms with Gasteiger partial charge >= 0.3 is 0 Å². The summed E-state index contributed by atoms with van der Waals surface area (Å²) in [5, 5.41) is 2.22. The Morgan fingerprint density at radius 1 is 0.513 bits per heavy atom. The van der Waals surface area contributed by atoms with Gasteiger partial charge in [-0.2, -0.15) is 0 Å². The summed E-state index contributed by atoms with van der Waals surface area (Å²) < 4.78 is 11.3. The molecule has 6 heteroatoms. The van der Waals surface area contributed by atoms with Gasteiger partial charge in [0.1, 0.15) is 5.58 Å². The normalized spacial score (nSPS) is 13.9. The molecule has 1 aliphatic carbocycles. The molecule has 3 heterocycles. The van der Waals surface area contributed by atoms with Crippen LogP contribution in [0, 0.1) is 17.5 Å². The van der Waals surface area contributed by atoms with Crippen LogP contribution in [0.25, 0.3) is 89.3 Å². The van der Waals surface area contributed by atoms with Crippen LogP contribution in [0.1, 0.15) is 152 Å². The number of imidazole rings is 2. The van der Waals surface area contributed by atoms with E-state index in [1.54, 1.807) is 0 Å². The van der Waals surface area contributed by atoms with Crippen molar-refractivity contribution in [3.63, 3.8) is 0 Å². The summed E-state index contributed by atoms with van der Waals surface area (Å²) in [5.41, 5.74) is 20.3. The SMILES string of the molecule is CC(C)c1cc(-c2ccccc2)cc(C(C)C)c1-n1c(-c2[c-]cccc2)nc2ccccc21.CC(C)c1cc(C2CCC(C)(C)CC2)cc(C(C)C)c1-n1c(-c2[c-]ccc3c2oc2ccccc23)nc2ccccc21.[Ir]. The molecule has 0 atom stereocenters. The van der Waals surface area contributed by atoms with E-state index in [2.05, 4.69) is 224 Å². The molecule has 1 radical (unpaired) electrons. The molecule has 1 saturated carbocycles. The van der Waals surface area contributed by atoms with Crippen LogP contribution in [-0.4, -0.2) is 19.1 Å². The molecule has 387 valence electrons. The summed E-state index contributed by atoms with van der Waals surface area (Å²) in [5.74, 6) is 3.88. The average Bonchev–Trinajstić information content (AvgIpc) is 4.13. The molecule has 76 heavy (non-hydrogen) atoms. The Morgan fingerprint density at radius 3 is 1.61 bits per heavy atom. The minimum atomic E-state index is 0.